The van der Waals surface area contributed by atoms with Gasteiger partial charge in [-0.2, -0.15) is 22.0 Å². The average molecular weight is 444 g/mol. The summed E-state index contributed by atoms with van der Waals surface area (Å²) in [5.41, 5.74) is -1.77. The molecule has 29 heavy (non-hydrogen) atoms. The lowest BCUT2D eigenvalue weighted by atomic mass is 10.2. The number of carbonyl (C=O) groups excluding carboxylic acids is 2. The maximum Gasteiger partial charge on any atom is 0.464 e. The number of amides is 3. The van der Waals surface area contributed by atoms with Crippen molar-refractivity contribution < 1.29 is 44.7 Å². The summed E-state index contributed by atoms with van der Waals surface area (Å²) >= 11 is -0.958. The van der Waals surface area contributed by atoms with Crippen LogP contribution in [0.3, 0.4) is 0 Å². The number of thioether (sulfide) groups is 1. The van der Waals surface area contributed by atoms with Gasteiger partial charge in [-0.1, -0.05) is 6.07 Å². The van der Waals surface area contributed by atoms with Gasteiger partial charge < -0.3 is 5.32 Å². The molecule has 0 unspecified atom stereocenters. The maximum atomic E-state index is 13.9. The fourth-order valence-corrected chi connectivity index (χ4v) is 2.61. The maximum absolute atomic E-state index is 13.9. The Bertz CT molecular complexity index is 929. The number of halogens is 8. The summed E-state index contributed by atoms with van der Waals surface area (Å²) in [4.78, 5) is 22.6. The quantitative estimate of drug-likeness (QED) is 0.496. The van der Waals surface area contributed by atoms with Crippen LogP contribution in [0.15, 0.2) is 41.3 Å². The van der Waals surface area contributed by atoms with Gasteiger partial charge in [0, 0.05) is 4.90 Å². The Labute approximate surface area is 161 Å². The van der Waals surface area contributed by atoms with Crippen LogP contribution in [0.4, 0.5) is 45.6 Å². The van der Waals surface area contributed by atoms with Gasteiger partial charge in [0.25, 0.3) is 5.91 Å². The average Bonchev–Trinajstić information content (AvgIpc) is 2.55. The van der Waals surface area contributed by atoms with Gasteiger partial charge in [-0.25, -0.2) is 18.0 Å². The van der Waals surface area contributed by atoms with Crippen LogP contribution < -0.4 is 10.6 Å². The highest BCUT2D eigenvalue weighted by Gasteiger charge is 2.58. The summed E-state index contributed by atoms with van der Waals surface area (Å²) < 4.78 is 103. The van der Waals surface area contributed by atoms with Crippen molar-refractivity contribution in [2.45, 2.75) is 16.3 Å². The second kappa shape index (κ2) is 8.27. The van der Waals surface area contributed by atoms with Gasteiger partial charge in [0.1, 0.15) is 23.0 Å². The highest BCUT2D eigenvalue weighted by atomic mass is 32.2. The fourth-order valence-electron chi connectivity index (χ4n) is 1.90. The zero-order valence-electron chi connectivity index (χ0n) is 13.7. The number of hydrogen-bond acceptors (Lipinski definition) is 3. The fraction of sp³-hybridized carbons (Fsp3) is 0.125. The lowest BCUT2D eigenvalue weighted by Crippen LogP contribution is -2.35. The molecule has 0 fully saturated rings. The summed E-state index contributed by atoms with van der Waals surface area (Å²) in [7, 11) is 0. The largest absolute Gasteiger partial charge is 0.464 e. The number of alkyl halides is 5. The second-order valence-electron chi connectivity index (χ2n) is 5.26. The number of rotatable bonds is 4. The van der Waals surface area contributed by atoms with Crippen LogP contribution in [0.25, 0.3) is 0 Å². The van der Waals surface area contributed by atoms with E-state index in [0.717, 1.165) is 18.2 Å². The van der Waals surface area contributed by atoms with Crippen LogP contribution in [-0.2, 0) is 0 Å². The van der Waals surface area contributed by atoms with Crippen molar-refractivity contribution in [3.8, 4) is 0 Å². The zero-order chi connectivity index (χ0) is 22.0. The van der Waals surface area contributed by atoms with E-state index >= 15 is 0 Å². The number of nitrogens with one attached hydrogen (secondary N) is 2. The van der Waals surface area contributed by atoms with Crippen molar-refractivity contribution in [2.24, 2.45) is 0 Å². The molecule has 2 rings (SSSR count). The third-order valence-electron chi connectivity index (χ3n) is 3.18. The Hall–Kier alpha value is -2.83. The number of urea groups is 1. The minimum atomic E-state index is -5.87. The van der Waals surface area contributed by atoms with Crippen molar-refractivity contribution in [1.29, 1.82) is 0 Å². The Morgan fingerprint density at radius 3 is 1.97 bits per heavy atom. The highest BCUT2D eigenvalue weighted by molar-refractivity contribution is 8.00. The number of benzene rings is 2. The van der Waals surface area contributed by atoms with Gasteiger partial charge >= 0.3 is 17.5 Å². The van der Waals surface area contributed by atoms with E-state index in [4.69, 9.17) is 0 Å². The minimum Gasteiger partial charge on any atom is -0.305 e. The third-order valence-corrected chi connectivity index (χ3v) is 4.16. The molecule has 0 aliphatic heterocycles. The first-order valence-electron chi connectivity index (χ1n) is 7.31. The highest BCUT2D eigenvalue weighted by Crippen LogP contribution is 2.47. The smallest absolute Gasteiger partial charge is 0.305 e. The molecule has 0 saturated heterocycles. The molecule has 4 nitrogen and oxygen atoms in total. The number of imide groups is 1. The predicted octanol–water partition coefficient (Wildman–Crippen LogP) is 5.31. The van der Waals surface area contributed by atoms with Gasteiger partial charge in [0.2, 0.25) is 0 Å². The van der Waals surface area contributed by atoms with E-state index < -0.39 is 68.7 Å². The van der Waals surface area contributed by atoms with Gasteiger partial charge in [-0.05, 0) is 42.1 Å². The SMILES string of the molecule is O=C(NC(=O)c1c(F)cccc1F)Nc1ccc(SC(F)(F)C(F)(F)F)cc1F. The Morgan fingerprint density at radius 1 is 0.862 bits per heavy atom. The third kappa shape index (κ3) is 5.37. The van der Waals surface area contributed by atoms with E-state index in [-0.39, 0.29) is 0 Å². The molecule has 0 bridgehead atoms. The number of anilines is 1. The molecule has 0 radical (unpaired) electrons. The molecule has 0 aliphatic rings. The van der Waals surface area contributed by atoms with E-state index in [2.05, 4.69) is 0 Å². The van der Waals surface area contributed by atoms with Gasteiger partial charge in [0.15, 0.2) is 0 Å². The molecule has 2 aromatic rings. The summed E-state index contributed by atoms with van der Waals surface area (Å²) in [6.07, 6.45) is -5.87. The first kappa shape index (κ1) is 22.5. The number of hydrogen-bond donors (Lipinski definition) is 2. The molecule has 0 aromatic heterocycles. The van der Waals surface area contributed by atoms with Crippen molar-refractivity contribution in [2.75, 3.05) is 5.32 Å². The minimum absolute atomic E-state index is 0.304. The molecule has 13 heteroatoms. The van der Waals surface area contributed by atoms with Crippen LogP contribution >= 0.6 is 11.8 Å². The van der Waals surface area contributed by atoms with E-state index in [1.807, 2.05) is 0 Å². The summed E-state index contributed by atoms with van der Waals surface area (Å²) in [6.45, 7) is 0. The zero-order valence-corrected chi connectivity index (χ0v) is 14.5. The predicted molar refractivity (Wildman–Crippen MR) is 86.1 cm³/mol. The first-order valence-corrected chi connectivity index (χ1v) is 8.13. The van der Waals surface area contributed by atoms with Crippen molar-refractivity contribution >= 4 is 29.4 Å². The molecular weight excluding hydrogens is 436 g/mol. The molecular formula is C16H8F8N2O2S. The van der Waals surface area contributed by atoms with Gasteiger partial charge in [-0.15, -0.1) is 0 Å². The summed E-state index contributed by atoms with van der Waals surface area (Å²) in [5.74, 6) is -5.43. The van der Waals surface area contributed by atoms with Crippen molar-refractivity contribution in [3.05, 3.63) is 59.4 Å². The molecule has 3 amide bonds. The molecule has 2 aromatic carbocycles. The normalized spacial score (nSPS) is 11.9. The molecule has 0 atom stereocenters. The lowest BCUT2D eigenvalue weighted by Gasteiger charge is -2.18. The van der Waals surface area contributed by atoms with Crippen LogP contribution in [0, 0.1) is 17.5 Å². The standard InChI is InChI=1S/C16H8F8N2O2S/c17-8-2-1-3-9(18)12(8)13(27)26-14(28)25-11-5-4-7(6-10(11)19)29-16(23,24)15(20,21)22/h1-6H,(H2,25,26,27,28). The Morgan fingerprint density at radius 2 is 1.45 bits per heavy atom. The molecule has 0 saturated carbocycles. The Balaban J connectivity index is 2.09. The van der Waals surface area contributed by atoms with E-state index in [1.165, 1.54) is 5.32 Å². The van der Waals surface area contributed by atoms with E-state index in [0.29, 0.717) is 18.2 Å². The van der Waals surface area contributed by atoms with Crippen LogP contribution in [0.5, 0.6) is 0 Å². The molecule has 156 valence electrons. The van der Waals surface area contributed by atoms with Gasteiger partial charge in [0.05, 0.1) is 5.69 Å². The second-order valence-corrected chi connectivity index (χ2v) is 6.45. The van der Waals surface area contributed by atoms with Crippen molar-refractivity contribution in [1.82, 2.24) is 5.32 Å². The molecule has 0 aliphatic carbocycles. The van der Waals surface area contributed by atoms with Gasteiger partial charge in [-0.3, -0.25) is 10.1 Å². The van der Waals surface area contributed by atoms with E-state index in [9.17, 15) is 44.7 Å². The van der Waals surface area contributed by atoms with Crippen molar-refractivity contribution in [3.63, 3.8) is 0 Å². The first-order chi connectivity index (χ1) is 13.3. The molecule has 0 spiro atoms. The van der Waals surface area contributed by atoms with Crippen LogP contribution in [0.2, 0.25) is 0 Å². The van der Waals surface area contributed by atoms with Crippen LogP contribution in [-0.4, -0.2) is 23.4 Å². The molecule has 0 heterocycles. The topological polar surface area (TPSA) is 58.2 Å². The monoisotopic (exact) mass is 444 g/mol. The lowest BCUT2D eigenvalue weighted by molar-refractivity contribution is -0.237. The van der Waals surface area contributed by atoms with E-state index in [1.54, 1.807) is 5.32 Å². The number of carbonyl (C=O) groups is 2. The summed E-state index contributed by atoms with van der Waals surface area (Å²) in [5, 5.41) is -1.90. The van der Waals surface area contributed by atoms with Crippen LogP contribution in [0.1, 0.15) is 10.4 Å². The molecule has 2 N–H and O–H groups in total. The summed E-state index contributed by atoms with van der Waals surface area (Å²) in [6, 6.07) is 2.68. The Kier molecular flexibility index (Phi) is 6.40.